The lowest BCUT2D eigenvalue weighted by Gasteiger charge is -2.43. The second kappa shape index (κ2) is 10.2. The molecule has 1 aromatic carbocycles. The summed E-state index contributed by atoms with van der Waals surface area (Å²) < 4.78 is 61.4. The first-order valence-electron chi connectivity index (χ1n) is 10.4. The lowest BCUT2D eigenvalue weighted by Crippen LogP contribution is -2.56. The van der Waals surface area contributed by atoms with E-state index in [9.17, 15) is 27.2 Å². The van der Waals surface area contributed by atoms with Crippen molar-refractivity contribution in [2.45, 2.75) is 56.3 Å². The molecule has 0 aromatic heterocycles. The average molecular weight is 481 g/mol. The Hall–Kier alpha value is -2.07. The lowest BCUT2D eigenvalue weighted by atomic mass is 9.74. The van der Waals surface area contributed by atoms with Crippen LogP contribution in [0.3, 0.4) is 0 Å². The fourth-order valence-corrected chi connectivity index (χ4v) is 3.86. The van der Waals surface area contributed by atoms with E-state index in [0.717, 1.165) is 25.3 Å². The van der Waals surface area contributed by atoms with Crippen molar-refractivity contribution >= 4 is 23.4 Å². The Labute approximate surface area is 188 Å². The third kappa shape index (κ3) is 6.71. The maximum atomic E-state index is 13.4. The minimum absolute atomic E-state index is 0.0433. The van der Waals surface area contributed by atoms with Crippen molar-refractivity contribution in [3.05, 3.63) is 29.0 Å². The van der Waals surface area contributed by atoms with E-state index in [0.29, 0.717) is 13.0 Å². The Kier molecular flexibility index (Phi) is 7.87. The second-order valence-electron chi connectivity index (χ2n) is 8.29. The van der Waals surface area contributed by atoms with Crippen LogP contribution in [0, 0.1) is 11.7 Å². The number of hydrogen-bond donors (Lipinski definition) is 2. The third-order valence-corrected chi connectivity index (χ3v) is 6.22. The molecule has 0 saturated heterocycles. The molecule has 2 fully saturated rings. The zero-order valence-corrected chi connectivity index (χ0v) is 18.0. The number of carbonyl (C=O) groups is 2. The van der Waals surface area contributed by atoms with Crippen LogP contribution in [0.2, 0.25) is 5.02 Å². The van der Waals surface area contributed by atoms with Crippen LogP contribution < -0.4 is 15.4 Å². The van der Waals surface area contributed by atoms with E-state index in [2.05, 4.69) is 10.6 Å². The van der Waals surface area contributed by atoms with Crippen molar-refractivity contribution in [3.63, 3.8) is 0 Å². The quantitative estimate of drug-likeness (QED) is 0.500. The molecule has 2 aliphatic rings. The first-order valence-corrected chi connectivity index (χ1v) is 10.8. The van der Waals surface area contributed by atoms with Gasteiger partial charge in [-0.1, -0.05) is 11.6 Å². The molecular weight excluding hydrogens is 456 g/mol. The monoisotopic (exact) mass is 480 g/mol. The maximum Gasteiger partial charge on any atom is 0.392 e. The van der Waals surface area contributed by atoms with Gasteiger partial charge in [0, 0.05) is 18.2 Å². The van der Waals surface area contributed by atoms with E-state index >= 15 is 0 Å². The molecule has 6 nitrogen and oxygen atoms in total. The van der Waals surface area contributed by atoms with Crippen molar-refractivity contribution in [2.75, 3.05) is 19.8 Å². The zero-order valence-electron chi connectivity index (χ0n) is 17.3. The fourth-order valence-electron chi connectivity index (χ4n) is 3.74. The van der Waals surface area contributed by atoms with Crippen LogP contribution in [0.15, 0.2) is 18.2 Å². The highest BCUT2D eigenvalue weighted by molar-refractivity contribution is 6.30. The van der Waals surface area contributed by atoms with Crippen LogP contribution in [-0.2, 0) is 14.3 Å². The molecule has 0 spiro atoms. The molecule has 0 bridgehead atoms. The van der Waals surface area contributed by atoms with Crippen molar-refractivity contribution in [1.82, 2.24) is 10.6 Å². The van der Waals surface area contributed by atoms with E-state index in [-0.39, 0.29) is 42.7 Å². The van der Waals surface area contributed by atoms with Gasteiger partial charge in [0.05, 0.1) is 17.0 Å². The SMILES string of the molecule is O=C(COc1ccc(Cl)c(F)c1)NCCC1(NC(=O)COC2CC(C(F)(F)F)C2)CCC1. The summed E-state index contributed by atoms with van der Waals surface area (Å²) in [6.45, 7) is -0.280. The number of halogens is 5. The van der Waals surface area contributed by atoms with E-state index in [1.807, 2.05) is 0 Å². The van der Waals surface area contributed by atoms with Gasteiger partial charge < -0.3 is 20.1 Å². The van der Waals surface area contributed by atoms with E-state index in [4.69, 9.17) is 21.1 Å². The first kappa shape index (κ1) is 24.6. The third-order valence-electron chi connectivity index (χ3n) is 5.91. The molecule has 2 amide bonds. The van der Waals surface area contributed by atoms with E-state index in [1.54, 1.807) is 0 Å². The van der Waals surface area contributed by atoms with Gasteiger partial charge in [0.1, 0.15) is 18.2 Å². The average Bonchev–Trinajstić information content (AvgIpc) is 2.64. The molecule has 2 aliphatic carbocycles. The summed E-state index contributed by atoms with van der Waals surface area (Å²) in [5.41, 5.74) is -0.456. The predicted molar refractivity (Wildman–Crippen MR) is 108 cm³/mol. The molecule has 2 N–H and O–H groups in total. The zero-order chi connectivity index (χ0) is 23.4. The highest BCUT2D eigenvalue weighted by atomic mass is 35.5. The van der Waals surface area contributed by atoms with Gasteiger partial charge in [-0.25, -0.2) is 4.39 Å². The van der Waals surface area contributed by atoms with Gasteiger partial charge in [-0.2, -0.15) is 13.2 Å². The highest BCUT2D eigenvalue weighted by Crippen LogP contribution is 2.42. The summed E-state index contributed by atoms with van der Waals surface area (Å²) in [6, 6.07) is 3.87. The van der Waals surface area contributed by atoms with Gasteiger partial charge >= 0.3 is 6.18 Å². The molecule has 0 aliphatic heterocycles. The van der Waals surface area contributed by atoms with Crippen LogP contribution in [0.25, 0.3) is 0 Å². The summed E-state index contributed by atoms with van der Waals surface area (Å²) >= 11 is 5.59. The molecule has 0 atom stereocenters. The summed E-state index contributed by atoms with van der Waals surface area (Å²) in [7, 11) is 0. The topological polar surface area (TPSA) is 76.7 Å². The number of carbonyl (C=O) groups excluding carboxylic acids is 2. The van der Waals surface area contributed by atoms with Crippen LogP contribution in [0.5, 0.6) is 5.75 Å². The fraction of sp³-hybridized carbons (Fsp3) is 0.619. The number of hydrogen-bond acceptors (Lipinski definition) is 4. The summed E-state index contributed by atoms with van der Waals surface area (Å²) in [4.78, 5) is 24.1. The number of nitrogens with one attached hydrogen (secondary N) is 2. The Morgan fingerprint density at radius 2 is 1.88 bits per heavy atom. The van der Waals surface area contributed by atoms with Crippen molar-refractivity contribution in [2.24, 2.45) is 5.92 Å². The van der Waals surface area contributed by atoms with Crippen LogP contribution >= 0.6 is 11.6 Å². The highest BCUT2D eigenvalue weighted by Gasteiger charge is 2.48. The Morgan fingerprint density at radius 1 is 1.16 bits per heavy atom. The Balaban J connectivity index is 1.32. The molecule has 178 valence electrons. The smallest absolute Gasteiger partial charge is 0.392 e. The standard InChI is InChI=1S/C21H25ClF4N2O4/c22-16-3-2-14(10-17(16)23)31-11-18(29)27-7-6-20(4-1-5-20)28-19(30)12-32-15-8-13(9-15)21(24,25)26/h2-3,10,13,15H,1,4-9,11-12H2,(H,27,29)(H,28,30). The molecule has 0 heterocycles. The van der Waals surface area contributed by atoms with Gasteiger partial charge in [0.25, 0.3) is 5.91 Å². The summed E-state index contributed by atoms with van der Waals surface area (Å²) in [5, 5.41) is 5.54. The van der Waals surface area contributed by atoms with E-state index in [1.165, 1.54) is 12.1 Å². The molecule has 0 unspecified atom stereocenters. The number of benzene rings is 1. The van der Waals surface area contributed by atoms with Crippen LogP contribution in [0.4, 0.5) is 17.6 Å². The number of rotatable bonds is 10. The van der Waals surface area contributed by atoms with Crippen molar-refractivity contribution < 1.29 is 36.6 Å². The normalized spacial score (nSPS) is 21.8. The summed E-state index contributed by atoms with van der Waals surface area (Å²) in [5.74, 6) is -2.58. The van der Waals surface area contributed by atoms with Gasteiger partial charge in [-0.05, 0) is 50.7 Å². The molecule has 3 rings (SSSR count). The van der Waals surface area contributed by atoms with Crippen LogP contribution in [0.1, 0.15) is 38.5 Å². The lowest BCUT2D eigenvalue weighted by molar-refractivity contribution is -0.219. The Bertz CT molecular complexity index is 827. The van der Waals surface area contributed by atoms with Gasteiger partial charge in [-0.3, -0.25) is 9.59 Å². The number of amides is 2. The molecule has 2 saturated carbocycles. The van der Waals surface area contributed by atoms with Crippen molar-refractivity contribution in [1.29, 1.82) is 0 Å². The van der Waals surface area contributed by atoms with Gasteiger partial charge in [0.15, 0.2) is 6.61 Å². The summed E-state index contributed by atoms with van der Waals surface area (Å²) in [6.07, 6.45) is -2.06. The number of alkyl halides is 3. The molecular formula is C21H25ClF4N2O4. The molecule has 0 radical (unpaired) electrons. The largest absolute Gasteiger partial charge is 0.484 e. The predicted octanol–water partition coefficient (Wildman–Crippen LogP) is 3.76. The van der Waals surface area contributed by atoms with Gasteiger partial charge in [0.2, 0.25) is 5.91 Å². The van der Waals surface area contributed by atoms with Crippen LogP contribution in [-0.4, -0.2) is 49.4 Å². The second-order valence-corrected chi connectivity index (χ2v) is 8.70. The molecule has 11 heteroatoms. The molecule has 32 heavy (non-hydrogen) atoms. The number of ether oxygens (including phenoxy) is 2. The maximum absolute atomic E-state index is 13.4. The first-order chi connectivity index (χ1) is 15.1. The van der Waals surface area contributed by atoms with Gasteiger partial charge in [-0.15, -0.1) is 0 Å². The minimum atomic E-state index is -4.21. The van der Waals surface area contributed by atoms with Crippen molar-refractivity contribution in [3.8, 4) is 5.75 Å². The van der Waals surface area contributed by atoms with E-state index < -0.39 is 35.5 Å². The Morgan fingerprint density at radius 3 is 2.47 bits per heavy atom. The molecule has 1 aromatic rings. The minimum Gasteiger partial charge on any atom is -0.484 e.